The number of para-hydroxylation sites is 1. The summed E-state index contributed by atoms with van der Waals surface area (Å²) >= 11 is 5.59. The second-order valence-electron chi connectivity index (χ2n) is 7.93. The van der Waals surface area contributed by atoms with E-state index < -0.39 is 17.5 Å². The van der Waals surface area contributed by atoms with Crippen molar-refractivity contribution in [2.75, 3.05) is 38.0 Å². The molecule has 0 aromatic heterocycles. The number of carbonyl (C=O) groups excluding carboxylic acids is 1. The first-order chi connectivity index (χ1) is 15.9. The zero-order chi connectivity index (χ0) is 23.4. The Morgan fingerprint density at radius 1 is 1.15 bits per heavy atom. The van der Waals surface area contributed by atoms with Gasteiger partial charge in [-0.25, -0.2) is 8.78 Å². The summed E-state index contributed by atoms with van der Waals surface area (Å²) in [5, 5.41) is 9.87. The Morgan fingerprint density at radius 3 is 2.55 bits per heavy atom. The SMILES string of the molecule is C=C(CN1CCNCC1)N1C=CC(c2ccccc2NC(=O)c2cc(F)cc(F)c2)NC1=S. The van der Waals surface area contributed by atoms with Gasteiger partial charge in [-0.1, -0.05) is 24.8 Å². The molecule has 4 rings (SSSR count). The molecule has 2 aliphatic heterocycles. The van der Waals surface area contributed by atoms with E-state index in [2.05, 4.69) is 27.4 Å². The molecule has 33 heavy (non-hydrogen) atoms. The zero-order valence-electron chi connectivity index (χ0n) is 18.0. The van der Waals surface area contributed by atoms with Crippen LogP contribution in [-0.4, -0.2) is 53.5 Å². The Kier molecular flexibility index (Phi) is 7.12. The fourth-order valence-electron chi connectivity index (χ4n) is 3.89. The summed E-state index contributed by atoms with van der Waals surface area (Å²) in [6.07, 6.45) is 3.82. The number of halogens is 2. The largest absolute Gasteiger partial charge is 0.352 e. The number of carbonyl (C=O) groups is 1. The summed E-state index contributed by atoms with van der Waals surface area (Å²) in [5.41, 5.74) is 2.07. The number of amides is 1. The Labute approximate surface area is 196 Å². The summed E-state index contributed by atoms with van der Waals surface area (Å²) in [6, 6.07) is 9.65. The molecule has 2 heterocycles. The van der Waals surface area contributed by atoms with Gasteiger partial charge in [0.15, 0.2) is 5.11 Å². The predicted octanol–water partition coefficient (Wildman–Crippen LogP) is 3.38. The van der Waals surface area contributed by atoms with Crippen molar-refractivity contribution >= 4 is 28.9 Å². The monoisotopic (exact) mass is 469 g/mol. The summed E-state index contributed by atoms with van der Waals surface area (Å²) in [6.45, 7) is 8.74. The predicted molar refractivity (Wildman–Crippen MR) is 129 cm³/mol. The van der Waals surface area contributed by atoms with Crippen molar-refractivity contribution in [2.24, 2.45) is 0 Å². The summed E-state index contributed by atoms with van der Waals surface area (Å²) in [7, 11) is 0. The average molecular weight is 470 g/mol. The molecular weight excluding hydrogens is 444 g/mol. The van der Waals surface area contributed by atoms with E-state index in [4.69, 9.17) is 12.2 Å². The van der Waals surface area contributed by atoms with Crippen LogP contribution in [0.25, 0.3) is 0 Å². The highest BCUT2D eigenvalue weighted by Gasteiger charge is 2.24. The van der Waals surface area contributed by atoms with Crippen molar-refractivity contribution in [1.29, 1.82) is 0 Å². The molecule has 3 N–H and O–H groups in total. The standard InChI is InChI=1S/C24H25F2N5OS/c1-16(15-30-10-7-27-8-11-30)31-9-6-22(29-24(31)33)20-4-2-3-5-21(20)28-23(32)17-12-18(25)14-19(26)13-17/h2-6,9,12-14,22,27H,1,7-8,10-11,15H2,(H,28,32)(H,29,33). The van der Waals surface area contributed by atoms with Crippen LogP contribution in [0.2, 0.25) is 0 Å². The van der Waals surface area contributed by atoms with Crippen molar-refractivity contribution in [1.82, 2.24) is 20.4 Å². The molecule has 2 aromatic carbocycles. The number of thiocarbonyl (C=S) groups is 1. The van der Waals surface area contributed by atoms with Gasteiger partial charge >= 0.3 is 0 Å². The quantitative estimate of drug-likeness (QED) is 0.564. The van der Waals surface area contributed by atoms with E-state index in [1.54, 1.807) is 12.1 Å². The maximum atomic E-state index is 13.5. The normalized spacial score (nSPS) is 18.7. The van der Waals surface area contributed by atoms with Crippen LogP contribution >= 0.6 is 12.2 Å². The fraction of sp³-hybridized carbons (Fsp3) is 0.250. The van der Waals surface area contributed by atoms with Gasteiger partial charge in [0.1, 0.15) is 11.6 Å². The molecule has 1 atom stereocenters. The van der Waals surface area contributed by atoms with E-state index in [-0.39, 0.29) is 11.6 Å². The number of hydrogen-bond acceptors (Lipinski definition) is 4. The third kappa shape index (κ3) is 5.62. The first-order valence-corrected chi connectivity index (χ1v) is 11.1. The molecule has 1 fully saturated rings. The van der Waals surface area contributed by atoms with Gasteiger partial charge in [-0.15, -0.1) is 0 Å². The van der Waals surface area contributed by atoms with Crippen molar-refractivity contribution in [3.8, 4) is 0 Å². The fourth-order valence-corrected chi connectivity index (χ4v) is 4.20. The van der Waals surface area contributed by atoms with Crippen molar-refractivity contribution < 1.29 is 13.6 Å². The average Bonchev–Trinajstić information content (AvgIpc) is 2.79. The van der Waals surface area contributed by atoms with Gasteiger partial charge in [-0.05, 0) is 36.5 Å². The van der Waals surface area contributed by atoms with Crippen LogP contribution in [0, 0.1) is 11.6 Å². The first-order valence-electron chi connectivity index (χ1n) is 10.7. The number of nitrogens with one attached hydrogen (secondary N) is 3. The Hall–Kier alpha value is -3.14. The smallest absolute Gasteiger partial charge is 0.255 e. The minimum atomic E-state index is -0.809. The van der Waals surface area contributed by atoms with Crippen LogP contribution in [0.5, 0.6) is 0 Å². The molecule has 6 nitrogen and oxygen atoms in total. The van der Waals surface area contributed by atoms with E-state index in [9.17, 15) is 13.6 Å². The van der Waals surface area contributed by atoms with E-state index in [1.807, 2.05) is 29.3 Å². The lowest BCUT2D eigenvalue weighted by molar-refractivity contribution is 0.102. The molecule has 0 aliphatic carbocycles. The van der Waals surface area contributed by atoms with Crippen LogP contribution in [-0.2, 0) is 0 Å². The summed E-state index contributed by atoms with van der Waals surface area (Å²) in [4.78, 5) is 16.8. The highest BCUT2D eigenvalue weighted by atomic mass is 32.1. The van der Waals surface area contributed by atoms with Gasteiger partial charge in [0.25, 0.3) is 5.91 Å². The van der Waals surface area contributed by atoms with Gasteiger partial charge in [0.2, 0.25) is 0 Å². The Bertz CT molecular complexity index is 1080. The lowest BCUT2D eigenvalue weighted by Gasteiger charge is -2.35. The second-order valence-corrected chi connectivity index (χ2v) is 8.32. The number of benzene rings is 2. The molecule has 1 amide bonds. The lowest BCUT2D eigenvalue weighted by atomic mass is 10.0. The van der Waals surface area contributed by atoms with E-state index in [0.717, 1.165) is 62.2 Å². The third-order valence-electron chi connectivity index (χ3n) is 5.55. The van der Waals surface area contributed by atoms with E-state index in [0.29, 0.717) is 10.8 Å². The van der Waals surface area contributed by atoms with Gasteiger partial charge in [-0.2, -0.15) is 0 Å². The first kappa shape index (κ1) is 23.0. The topological polar surface area (TPSA) is 59.6 Å². The summed E-state index contributed by atoms with van der Waals surface area (Å²) in [5.74, 6) is -2.22. The molecule has 1 unspecified atom stereocenters. The molecule has 0 bridgehead atoms. The molecular formula is C24H25F2N5OS. The van der Waals surface area contributed by atoms with Crippen LogP contribution < -0.4 is 16.0 Å². The minimum absolute atomic E-state index is 0.0969. The Balaban J connectivity index is 1.47. The molecule has 0 spiro atoms. The number of rotatable bonds is 6. The van der Waals surface area contributed by atoms with Gasteiger partial charge in [-0.3, -0.25) is 14.6 Å². The maximum absolute atomic E-state index is 13.5. The maximum Gasteiger partial charge on any atom is 0.255 e. The van der Waals surface area contributed by atoms with Gasteiger partial charge < -0.3 is 16.0 Å². The number of nitrogens with zero attached hydrogens (tertiary/aromatic N) is 2. The molecule has 0 radical (unpaired) electrons. The van der Waals surface area contributed by atoms with Gasteiger partial charge in [0.05, 0.1) is 6.04 Å². The van der Waals surface area contributed by atoms with Crippen molar-refractivity contribution in [3.05, 3.63) is 89.8 Å². The van der Waals surface area contributed by atoms with E-state index >= 15 is 0 Å². The highest BCUT2D eigenvalue weighted by Crippen LogP contribution is 2.28. The van der Waals surface area contributed by atoms with Crippen molar-refractivity contribution in [3.63, 3.8) is 0 Å². The molecule has 0 saturated carbocycles. The Morgan fingerprint density at radius 2 is 1.85 bits per heavy atom. The van der Waals surface area contributed by atoms with E-state index in [1.165, 1.54) is 0 Å². The molecule has 172 valence electrons. The molecule has 2 aromatic rings. The molecule has 9 heteroatoms. The number of hydrogen-bond donors (Lipinski definition) is 3. The zero-order valence-corrected chi connectivity index (χ0v) is 18.8. The second kappa shape index (κ2) is 10.2. The molecule has 1 saturated heterocycles. The van der Waals surface area contributed by atoms with Crippen LogP contribution in [0.15, 0.2) is 67.0 Å². The summed E-state index contributed by atoms with van der Waals surface area (Å²) < 4.78 is 27.0. The molecule has 2 aliphatic rings. The number of piperazine rings is 1. The highest BCUT2D eigenvalue weighted by molar-refractivity contribution is 7.80. The van der Waals surface area contributed by atoms with Crippen LogP contribution in [0.1, 0.15) is 22.0 Å². The minimum Gasteiger partial charge on any atom is -0.352 e. The number of anilines is 1. The van der Waals surface area contributed by atoms with Crippen LogP contribution in [0.4, 0.5) is 14.5 Å². The third-order valence-corrected chi connectivity index (χ3v) is 5.87. The lowest BCUT2D eigenvalue weighted by Crippen LogP contribution is -2.47. The van der Waals surface area contributed by atoms with Crippen molar-refractivity contribution in [2.45, 2.75) is 6.04 Å². The van der Waals surface area contributed by atoms with Gasteiger partial charge in [0, 0.05) is 67.5 Å². The van der Waals surface area contributed by atoms with Crippen LogP contribution in [0.3, 0.4) is 0 Å².